The highest BCUT2D eigenvalue weighted by atomic mass is 16.2. The zero-order chi connectivity index (χ0) is 16.2. The smallest absolute Gasteiger partial charge is 0.257 e. The topological polar surface area (TPSA) is 50.2 Å². The van der Waals surface area contributed by atoms with E-state index in [9.17, 15) is 4.79 Å². The molecule has 122 valence electrons. The molecule has 0 spiro atoms. The molecule has 3 rings (SSSR count). The summed E-state index contributed by atoms with van der Waals surface area (Å²) in [6.07, 6.45) is 2.79. The van der Waals surface area contributed by atoms with Gasteiger partial charge in [-0.15, -0.1) is 0 Å². The minimum Gasteiger partial charge on any atom is -0.338 e. The second-order valence-corrected chi connectivity index (χ2v) is 6.25. The number of aromatic nitrogens is 2. The summed E-state index contributed by atoms with van der Waals surface area (Å²) < 4.78 is 1.91. The molecule has 0 saturated carbocycles. The number of benzene rings is 1. The first kappa shape index (κ1) is 15.7. The number of carbonyl (C=O) groups is 1. The Morgan fingerprint density at radius 3 is 2.87 bits per heavy atom. The first-order valence-electron chi connectivity index (χ1n) is 8.19. The molecule has 1 N–H and O–H groups in total. The molecule has 1 atom stereocenters. The summed E-state index contributed by atoms with van der Waals surface area (Å²) in [7, 11) is 1.96. The fourth-order valence-corrected chi connectivity index (χ4v) is 3.21. The molecule has 23 heavy (non-hydrogen) atoms. The molecular weight excluding hydrogens is 288 g/mol. The molecule has 1 aromatic heterocycles. The second kappa shape index (κ2) is 6.96. The molecule has 1 amide bonds. The predicted molar refractivity (Wildman–Crippen MR) is 90.4 cm³/mol. The van der Waals surface area contributed by atoms with E-state index in [0.717, 1.165) is 37.3 Å². The fraction of sp³-hybridized carbons (Fsp3) is 0.444. The molecule has 0 radical (unpaired) electrons. The number of carbonyl (C=O) groups excluding carboxylic acids is 1. The van der Waals surface area contributed by atoms with Crippen LogP contribution >= 0.6 is 0 Å². The molecule has 1 aromatic carbocycles. The van der Waals surface area contributed by atoms with E-state index >= 15 is 0 Å². The van der Waals surface area contributed by atoms with Gasteiger partial charge < -0.3 is 10.2 Å². The Kier molecular flexibility index (Phi) is 4.76. The summed E-state index contributed by atoms with van der Waals surface area (Å²) in [5, 5.41) is 7.61. The Hall–Kier alpha value is -2.14. The van der Waals surface area contributed by atoms with Gasteiger partial charge in [-0.1, -0.05) is 30.3 Å². The van der Waals surface area contributed by atoms with Crippen molar-refractivity contribution < 1.29 is 4.79 Å². The summed E-state index contributed by atoms with van der Waals surface area (Å²) in [5.41, 5.74) is 2.86. The number of likely N-dealkylation sites (tertiary alicyclic amines) is 1. The molecule has 1 saturated heterocycles. The first-order chi connectivity index (χ1) is 11.2. The average Bonchev–Trinajstić information content (AvgIpc) is 3.16. The molecule has 1 aliphatic heterocycles. The zero-order valence-electron chi connectivity index (χ0n) is 13.8. The number of nitrogens with one attached hydrogen (secondary N) is 1. The maximum Gasteiger partial charge on any atom is 0.257 e. The van der Waals surface area contributed by atoms with Crippen molar-refractivity contribution in [2.45, 2.75) is 19.9 Å². The summed E-state index contributed by atoms with van der Waals surface area (Å²) in [6.45, 7) is 5.32. The average molecular weight is 312 g/mol. The van der Waals surface area contributed by atoms with Crippen molar-refractivity contribution in [1.82, 2.24) is 20.0 Å². The van der Waals surface area contributed by atoms with Crippen molar-refractivity contribution in [3.63, 3.8) is 0 Å². The van der Waals surface area contributed by atoms with Gasteiger partial charge in [0.25, 0.3) is 5.91 Å². The third-order valence-electron chi connectivity index (χ3n) is 4.57. The number of amides is 1. The third kappa shape index (κ3) is 3.45. The van der Waals surface area contributed by atoms with Crippen molar-refractivity contribution in [1.29, 1.82) is 0 Å². The van der Waals surface area contributed by atoms with E-state index in [1.165, 1.54) is 5.56 Å². The van der Waals surface area contributed by atoms with Gasteiger partial charge in [-0.25, -0.2) is 0 Å². The van der Waals surface area contributed by atoms with E-state index in [-0.39, 0.29) is 5.91 Å². The van der Waals surface area contributed by atoms with Crippen LogP contribution < -0.4 is 5.32 Å². The first-order valence-corrected chi connectivity index (χ1v) is 8.19. The van der Waals surface area contributed by atoms with Crippen LogP contribution in [-0.2, 0) is 6.54 Å². The van der Waals surface area contributed by atoms with Crippen molar-refractivity contribution in [3.8, 4) is 0 Å². The summed E-state index contributed by atoms with van der Waals surface area (Å²) in [4.78, 5) is 14.7. The van der Waals surface area contributed by atoms with Crippen molar-refractivity contribution in [3.05, 3.63) is 53.3 Å². The minimum absolute atomic E-state index is 0.111. The van der Waals surface area contributed by atoms with Crippen LogP contribution in [0.25, 0.3) is 0 Å². The van der Waals surface area contributed by atoms with Gasteiger partial charge >= 0.3 is 0 Å². The van der Waals surface area contributed by atoms with Crippen LogP contribution in [0.2, 0.25) is 0 Å². The highest BCUT2D eigenvalue weighted by molar-refractivity contribution is 5.95. The minimum atomic E-state index is 0.111. The van der Waals surface area contributed by atoms with Crippen LogP contribution in [0.1, 0.15) is 28.0 Å². The Bertz CT molecular complexity index is 665. The third-order valence-corrected chi connectivity index (χ3v) is 4.57. The van der Waals surface area contributed by atoms with Gasteiger partial charge in [0.15, 0.2) is 0 Å². The SMILES string of the molecule is CNC[C@@H]1CCN(C(=O)c2cnn(Cc3ccccc3)c2C)C1. The number of nitrogens with zero attached hydrogens (tertiary/aromatic N) is 3. The molecule has 0 aliphatic carbocycles. The lowest BCUT2D eigenvalue weighted by molar-refractivity contribution is 0.0786. The van der Waals surface area contributed by atoms with Crippen molar-refractivity contribution in [2.75, 3.05) is 26.7 Å². The predicted octanol–water partition coefficient (Wildman–Crippen LogP) is 1.92. The lowest BCUT2D eigenvalue weighted by Crippen LogP contribution is -2.30. The Labute approximate surface area is 137 Å². The fourth-order valence-electron chi connectivity index (χ4n) is 3.21. The van der Waals surface area contributed by atoms with Crippen LogP contribution in [0.4, 0.5) is 0 Å². The molecule has 2 aromatic rings. The molecule has 1 fully saturated rings. The second-order valence-electron chi connectivity index (χ2n) is 6.25. The summed E-state index contributed by atoms with van der Waals surface area (Å²) in [5.74, 6) is 0.670. The molecule has 0 bridgehead atoms. The Morgan fingerprint density at radius 1 is 1.35 bits per heavy atom. The van der Waals surface area contributed by atoms with E-state index in [2.05, 4.69) is 22.5 Å². The maximum absolute atomic E-state index is 12.7. The number of hydrogen-bond donors (Lipinski definition) is 1. The van der Waals surface area contributed by atoms with E-state index in [4.69, 9.17) is 0 Å². The Balaban J connectivity index is 1.70. The van der Waals surface area contributed by atoms with Gasteiger partial charge in [0.1, 0.15) is 0 Å². The van der Waals surface area contributed by atoms with Gasteiger partial charge in [-0.2, -0.15) is 5.10 Å². The van der Waals surface area contributed by atoms with Gasteiger partial charge in [0, 0.05) is 18.8 Å². The molecule has 1 aliphatic rings. The van der Waals surface area contributed by atoms with Crippen LogP contribution in [0, 0.1) is 12.8 Å². The van der Waals surface area contributed by atoms with Gasteiger partial charge in [0.2, 0.25) is 0 Å². The lowest BCUT2D eigenvalue weighted by atomic mass is 10.1. The highest BCUT2D eigenvalue weighted by Gasteiger charge is 2.28. The standard InChI is InChI=1S/C18H24N4O/c1-14-17(18(23)21-9-8-16(12-21)10-19-2)11-20-22(14)13-15-6-4-3-5-7-15/h3-7,11,16,19H,8-10,12-13H2,1-2H3/t16-/m0/s1. The van der Waals surface area contributed by atoms with Crippen LogP contribution in [-0.4, -0.2) is 47.3 Å². The molecule has 5 nitrogen and oxygen atoms in total. The van der Waals surface area contributed by atoms with Gasteiger partial charge in [0.05, 0.1) is 18.3 Å². The number of hydrogen-bond acceptors (Lipinski definition) is 3. The molecule has 2 heterocycles. The van der Waals surface area contributed by atoms with E-state index < -0.39 is 0 Å². The maximum atomic E-state index is 12.7. The summed E-state index contributed by atoms with van der Waals surface area (Å²) in [6, 6.07) is 10.2. The summed E-state index contributed by atoms with van der Waals surface area (Å²) >= 11 is 0. The monoisotopic (exact) mass is 312 g/mol. The van der Waals surface area contributed by atoms with Gasteiger partial charge in [-0.05, 0) is 38.4 Å². The molecule has 5 heteroatoms. The van der Waals surface area contributed by atoms with Gasteiger partial charge in [-0.3, -0.25) is 9.48 Å². The van der Waals surface area contributed by atoms with Crippen molar-refractivity contribution >= 4 is 5.91 Å². The molecule has 0 unspecified atom stereocenters. The van der Waals surface area contributed by atoms with Crippen molar-refractivity contribution in [2.24, 2.45) is 5.92 Å². The Morgan fingerprint density at radius 2 is 2.13 bits per heavy atom. The van der Waals surface area contributed by atoms with Crippen LogP contribution in [0.15, 0.2) is 36.5 Å². The van der Waals surface area contributed by atoms with E-state index in [0.29, 0.717) is 12.5 Å². The number of rotatable bonds is 5. The quantitative estimate of drug-likeness (QED) is 0.918. The lowest BCUT2D eigenvalue weighted by Gasteiger charge is -2.16. The molecular formula is C18H24N4O. The zero-order valence-corrected chi connectivity index (χ0v) is 13.8. The highest BCUT2D eigenvalue weighted by Crippen LogP contribution is 2.20. The van der Waals surface area contributed by atoms with Crippen LogP contribution in [0.3, 0.4) is 0 Å². The normalized spacial score (nSPS) is 17.7. The largest absolute Gasteiger partial charge is 0.338 e. The van der Waals surface area contributed by atoms with E-state index in [1.54, 1.807) is 6.20 Å². The van der Waals surface area contributed by atoms with E-state index in [1.807, 2.05) is 41.8 Å². The van der Waals surface area contributed by atoms with Crippen LogP contribution in [0.5, 0.6) is 0 Å².